The molecule has 1 aromatic heterocycles. The van der Waals surface area contributed by atoms with Crippen LogP contribution in [0.4, 0.5) is 0 Å². The van der Waals surface area contributed by atoms with Crippen molar-refractivity contribution in [1.82, 2.24) is 14.5 Å². The molecule has 0 atom stereocenters. The molecule has 0 aliphatic rings. The number of aromatic nitrogens is 2. The van der Waals surface area contributed by atoms with Gasteiger partial charge in [0.1, 0.15) is 10.6 Å². The van der Waals surface area contributed by atoms with Gasteiger partial charge in [0, 0.05) is 13.1 Å². The van der Waals surface area contributed by atoms with E-state index in [-0.39, 0.29) is 11.4 Å². The number of ether oxygens (including phenoxy) is 1. The molecule has 0 saturated heterocycles. The van der Waals surface area contributed by atoms with Crippen molar-refractivity contribution in [3.63, 3.8) is 0 Å². The van der Waals surface area contributed by atoms with Gasteiger partial charge in [-0.05, 0) is 38.5 Å². The molecule has 0 aliphatic carbocycles. The molecule has 0 saturated carbocycles. The minimum atomic E-state index is -3.59. The number of sulfonamides is 1. The van der Waals surface area contributed by atoms with Crippen molar-refractivity contribution in [1.29, 1.82) is 0 Å². The molecule has 120 valence electrons. The molecule has 0 spiro atoms. The van der Waals surface area contributed by atoms with E-state index in [4.69, 9.17) is 4.74 Å². The maximum Gasteiger partial charge on any atom is 0.244 e. The van der Waals surface area contributed by atoms with Crippen LogP contribution in [0.2, 0.25) is 0 Å². The summed E-state index contributed by atoms with van der Waals surface area (Å²) in [5.74, 6) is 0.738. The Bertz CT molecular complexity index is 749. The van der Waals surface area contributed by atoms with Gasteiger partial charge in [-0.3, -0.25) is 4.68 Å². The largest absolute Gasteiger partial charge is 0.497 e. The number of hydrogen-bond donors (Lipinski definition) is 1. The summed E-state index contributed by atoms with van der Waals surface area (Å²) >= 11 is 0. The van der Waals surface area contributed by atoms with Crippen LogP contribution < -0.4 is 9.46 Å². The quantitative estimate of drug-likeness (QED) is 0.882. The van der Waals surface area contributed by atoms with Crippen molar-refractivity contribution < 1.29 is 13.2 Å². The van der Waals surface area contributed by atoms with E-state index in [0.29, 0.717) is 17.9 Å². The number of rotatable bonds is 6. The zero-order valence-electron chi connectivity index (χ0n) is 13.3. The highest BCUT2D eigenvalue weighted by Crippen LogP contribution is 2.19. The Morgan fingerprint density at radius 1 is 1.23 bits per heavy atom. The maximum absolute atomic E-state index is 12.5. The van der Waals surface area contributed by atoms with Gasteiger partial charge in [0.2, 0.25) is 10.0 Å². The molecule has 0 bridgehead atoms. The van der Waals surface area contributed by atoms with Crippen molar-refractivity contribution >= 4 is 10.0 Å². The van der Waals surface area contributed by atoms with Crippen LogP contribution in [-0.2, 0) is 23.1 Å². The number of benzene rings is 1. The Hall–Kier alpha value is -1.86. The van der Waals surface area contributed by atoms with E-state index in [1.807, 2.05) is 19.1 Å². The molecule has 0 fully saturated rings. The van der Waals surface area contributed by atoms with Gasteiger partial charge in [0.05, 0.1) is 18.5 Å². The summed E-state index contributed by atoms with van der Waals surface area (Å²) < 4.78 is 34.4. The predicted octanol–water partition coefficient (Wildman–Crippen LogP) is 2.01. The van der Waals surface area contributed by atoms with Gasteiger partial charge in [-0.1, -0.05) is 12.1 Å². The molecule has 6 nitrogen and oxygen atoms in total. The van der Waals surface area contributed by atoms with Gasteiger partial charge in [-0.2, -0.15) is 5.10 Å². The van der Waals surface area contributed by atoms with Crippen LogP contribution in [0.5, 0.6) is 5.75 Å². The third kappa shape index (κ3) is 3.31. The van der Waals surface area contributed by atoms with Gasteiger partial charge in [0.15, 0.2) is 0 Å². The lowest BCUT2D eigenvalue weighted by Gasteiger charge is -2.08. The summed E-state index contributed by atoms with van der Waals surface area (Å²) in [5.41, 5.74) is 2.03. The van der Waals surface area contributed by atoms with E-state index in [1.54, 1.807) is 37.8 Å². The van der Waals surface area contributed by atoms with Crippen molar-refractivity contribution in [2.75, 3.05) is 7.11 Å². The molecule has 2 rings (SSSR count). The lowest BCUT2D eigenvalue weighted by molar-refractivity contribution is 0.414. The molecule has 0 amide bonds. The minimum absolute atomic E-state index is 0.225. The lowest BCUT2D eigenvalue weighted by atomic mass is 10.2. The first-order valence-electron chi connectivity index (χ1n) is 7.05. The average molecular weight is 323 g/mol. The summed E-state index contributed by atoms with van der Waals surface area (Å²) in [6.45, 7) is 6.27. The lowest BCUT2D eigenvalue weighted by Crippen LogP contribution is -2.24. The van der Waals surface area contributed by atoms with Crippen LogP contribution in [0.25, 0.3) is 0 Å². The fourth-order valence-electron chi connectivity index (χ4n) is 2.37. The zero-order chi connectivity index (χ0) is 16.3. The third-order valence-corrected chi connectivity index (χ3v) is 5.16. The van der Waals surface area contributed by atoms with E-state index < -0.39 is 10.0 Å². The summed E-state index contributed by atoms with van der Waals surface area (Å²) in [4.78, 5) is 0.267. The Balaban J connectivity index is 2.19. The second-order valence-corrected chi connectivity index (χ2v) is 6.69. The van der Waals surface area contributed by atoms with E-state index in [9.17, 15) is 8.42 Å². The Morgan fingerprint density at radius 2 is 1.86 bits per heavy atom. The molecular weight excluding hydrogens is 302 g/mol. The van der Waals surface area contributed by atoms with E-state index in [2.05, 4.69) is 9.82 Å². The maximum atomic E-state index is 12.5. The van der Waals surface area contributed by atoms with E-state index >= 15 is 0 Å². The first kappa shape index (κ1) is 16.5. The van der Waals surface area contributed by atoms with Gasteiger partial charge >= 0.3 is 0 Å². The number of hydrogen-bond acceptors (Lipinski definition) is 4. The second kappa shape index (κ2) is 6.50. The fraction of sp³-hybridized carbons (Fsp3) is 0.400. The summed E-state index contributed by atoms with van der Waals surface area (Å²) in [6.07, 6.45) is 0. The molecule has 0 radical (unpaired) electrons. The molecule has 1 N–H and O–H groups in total. The normalized spacial score (nSPS) is 11.6. The minimum Gasteiger partial charge on any atom is -0.497 e. The predicted molar refractivity (Wildman–Crippen MR) is 84.4 cm³/mol. The van der Waals surface area contributed by atoms with E-state index in [0.717, 1.165) is 11.3 Å². The van der Waals surface area contributed by atoms with Crippen LogP contribution >= 0.6 is 0 Å². The van der Waals surface area contributed by atoms with Crippen molar-refractivity contribution in [2.24, 2.45) is 0 Å². The van der Waals surface area contributed by atoms with Crippen LogP contribution in [0, 0.1) is 13.8 Å². The highest BCUT2D eigenvalue weighted by molar-refractivity contribution is 7.89. The molecular formula is C15H21N3O3S. The first-order valence-corrected chi connectivity index (χ1v) is 8.54. The summed E-state index contributed by atoms with van der Waals surface area (Å²) in [6, 6.07) is 7.26. The summed E-state index contributed by atoms with van der Waals surface area (Å²) in [5, 5.41) is 4.25. The number of methoxy groups -OCH3 is 1. The number of aryl methyl sites for hydroxylation is 2. The molecule has 1 aromatic carbocycles. The second-order valence-electron chi connectivity index (χ2n) is 4.99. The number of nitrogens with one attached hydrogen (secondary N) is 1. The molecule has 2 aromatic rings. The van der Waals surface area contributed by atoms with Crippen LogP contribution in [0.3, 0.4) is 0 Å². The fourth-order valence-corrected chi connectivity index (χ4v) is 3.80. The molecule has 1 heterocycles. The highest BCUT2D eigenvalue weighted by atomic mass is 32.2. The van der Waals surface area contributed by atoms with Crippen LogP contribution in [-0.4, -0.2) is 25.3 Å². The molecule has 0 aliphatic heterocycles. The monoisotopic (exact) mass is 323 g/mol. The van der Waals surface area contributed by atoms with Crippen LogP contribution in [0.15, 0.2) is 29.2 Å². The van der Waals surface area contributed by atoms with Gasteiger partial charge in [-0.25, -0.2) is 13.1 Å². The van der Waals surface area contributed by atoms with E-state index in [1.165, 1.54) is 0 Å². The smallest absolute Gasteiger partial charge is 0.244 e. The molecule has 7 heteroatoms. The topological polar surface area (TPSA) is 73.2 Å². The van der Waals surface area contributed by atoms with Crippen molar-refractivity contribution in [3.05, 3.63) is 41.2 Å². The standard InChI is InChI=1S/C15H21N3O3S/c1-5-18-12(3)15(11(2)17-18)22(19,20)16-10-13-6-8-14(21-4)9-7-13/h6-9,16H,5,10H2,1-4H3. The van der Waals surface area contributed by atoms with Gasteiger partial charge < -0.3 is 4.74 Å². The third-order valence-electron chi connectivity index (χ3n) is 3.51. The zero-order valence-corrected chi connectivity index (χ0v) is 14.1. The van der Waals surface area contributed by atoms with Gasteiger partial charge in [-0.15, -0.1) is 0 Å². The van der Waals surface area contributed by atoms with Gasteiger partial charge in [0.25, 0.3) is 0 Å². The Kier molecular flexibility index (Phi) is 4.87. The number of nitrogens with zero attached hydrogens (tertiary/aromatic N) is 2. The molecule has 0 unspecified atom stereocenters. The summed E-state index contributed by atoms with van der Waals surface area (Å²) in [7, 11) is -2.00. The Labute approximate surface area is 131 Å². The Morgan fingerprint density at radius 3 is 2.36 bits per heavy atom. The molecule has 22 heavy (non-hydrogen) atoms. The van der Waals surface area contributed by atoms with Crippen LogP contribution in [0.1, 0.15) is 23.9 Å². The van der Waals surface area contributed by atoms with Crippen molar-refractivity contribution in [3.8, 4) is 5.75 Å². The van der Waals surface area contributed by atoms with Crippen molar-refractivity contribution in [2.45, 2.75) is 38.8 Å². The average Bonchev–Trinajstić information content (AvgIpc) is 2.80. The SMILES string of the molecule is CCn1nc(C)c(S(=O)(=O)NCc2ccc(OC)cc2)c1C. The highest BCUT2D eigenvalue weighted by Gasteiger charge is 2.23. The first-order chi connectivity index (χ1) is 10.4.